The minimum Gasteiger partial charge on any atom is -0.324 e. The van der Waals surface area contributed by atoms with Gasteiger partial charge < -0.3 is 9.97 Å². The standard InChI is InChI=1S/C27H19N7O2/c35-24(33-26-29-15-22(31-26)16-7-2-1-3-8-16)19-11-6-12-20-23(19)32-27(30-20)34-25(36)21-13-17-9-4-5-10-18(17)14-28-21/h1-15H,(H2,29,31,33,35)(H2,30,32,34,36). The van der Waals surface area contributed by atoms with Crippen LogP contribution in [0.2, 0.25) is 0 Å². The van der Waals surface area contributed by atoms with Gasteiger partial charge in [0.1, 0.15) is 11.2 Å². The van der Waals surface area contributed by atoms with Gasteiger partial charge in [-0.2, -0.15) is 0 Å². The van der Waals surface area contributed by atoms with E-state index < -0.39 is 5.91 Å². The number of hydrogen-bond acceptors (Lipinski definition) is 5. The van der Waals surface area contributed by atoms with Gasteiger partial charge in [0, 0.05) is 11.6 Å². The van der Waals surface area contributed by atoms with Crippen LogP contribution < -0.4 is 10.6 Å². The number of para-hydroxylation sites is 1. The minimum atomic E-state index is -0.408. The molecule has 9 heteroatoms. The third kappa shape index (κ3) is 4.05. The van der Waals surface area contributed by atoms with Crippen molar-refractivity contribution in [3.8, 4) is 11.3 Å². The normalized spacial score (nSPS) is 11.0. The molecule has 0 aliphatic rings. The summed E-state index contributed by atoms with van der Waals surface area (Å²) in [6.07, 6.45) is 3.32. The van der Waals surface area contributed by atoms with Gasteiger partial charge in [0.05, 0.1) is 23.0 Å². The van der Waals surface area contributed by atoms with Crippen molar-refractivity contribution < 1.29 is 9.59 Å². The van der Waals surface area contributed by atoms with Gasteiger partial charge in [-0.3, -0.25) is 25.2 Å². The van der Waals surface area contributed by atoms with Gasteiger partial charge in [-0.25, -0.2) is 9.97 Å². The van der Waals surface area contributed by atoms with Crippen molar-refractivity contribution in [3.05, 3.63) is 103 Å². The number of nitrogens with one attached hydrogen (secondary N) is 4. The highest BCUT2D eigenvalue weighted by Crippen LogP contribution is 2.22. The second kappa shape index (κ2) is 8.80. The first-order valence-corrected chi connectivity index (χ1v) is 11.2. The topological polar surface area (TPSA) is 128 Å². The third-order valence-electron chi connectivity index (χ3n) is 5.75. The summed E-state index contributed by atoms with van der Waals surface area (Å²) >= 11 is 0. The Kier molecular flexibility index (Phi) is 5.19. The first-order valence-electron chi connectivity index (χ1n) is 11.2. The summed E-state index contributed by atoms with van der Waals surface area (Å²) in [6, 6.07) is 24.3. The first-order chi connectivity index (χ1) is 17.6. The molecule has 0 saturated heterocycles. The van der Waals surface area contributed by atoms with Gasteiger partial charge in [0.15, 0.2) is 0 Å². The summed E-state index contributed by atoms with van der Waals surface area (Å²) in [5.41, 5.74) is 3.38. The van der Waals surface area contributed by atoms with Gasteiger partial charge in [-0.1, -0.05) is 60.7 Å². The number of nitrogens with zero attached hydrogens (tertiary/aromatic N) is 3. The van der Waals surface area contributed by atoms with Gasteiger partial charge in [-0.15, -0.1) is 0 Å². The number of rotatable bonds is 5. The summed E-state index contributed by atoms with van der Waals surface area (Å²) in [5.74, 6) is -0.248. The Morgan fingerprint density at radius 1 is 0.694 bits per heavy atom. The molecule has 0 fully saturated rings. The fourth-order valence-electron chi connectivity index (χ4n) is 3.98. The van der Waals surface area contributed by atoms with Gasteiger partial charge in [0.2, 0.25) is 11.9 Å². The summed E-state index contributed by atoms with van der Waals surface area (Å²) in [7, 11) is 0. The fourth-order valence-corrected chi connectivity index (χ4v) is 3.98. The molecule has 0 aliphatic carbocycles. The van der Waals surface area contributed by atoms with Crippen molar-refractivity contribution in [3.63, 3.8) is 0 Å². The number of benzene rings is 3. The zero-order chi connectivity index (χ0) is 24.5. The number of imidazole rings is 2. The lowest BCUT2D eigenvalue weighted by atomic mass is 10.1. The molecule has 9 nitrogen and oxygen atoms in total. The number of hydrogen-bond donors (Lipinski definition) is 4. The smallest absolute Gasteiger partial charge is 0.276 e. The quantitative estimate of drug-likeness (QED) is 0.280. The van der Waals surface area contributed by atoms with Crippen molar-refractivity contribution in [1.82, 2.24) is 24.9 Å². The van der Waals surface area contributed by atoms with Crippen LogP contribution in [0.25, 0.3) is 33.1 Å². The number of fused-ring (bicyclic) bond motifs is 2. The van der Waals surface area contributed by atoms with Crippen LogP contribution in [0.3, 0.4) is 0 Å². The van der Waals surface area contributed by atoms with Crippen LogP contribution in [-0.4, -0.2) is 36.7 Å². The van der Waals surface area contributed by atoms with Crippen LogP contribution in [-0.2, 0) is 0 Å². The monoisotopic (exact) mass is 473 g/mol. The predicted molar refractivity (Wildman–Crippen MR) is 138 cm³/mol. The Morgan fingerprint density at radius 2 is 1.47 bits per heavy atom. The summed E-state index contributed by atoms with van der Waals surface area (Å²) in [5, 5.41) is 7.36. The average Bonchev–Trinajstić information content (AvgIpc) is 3.55. The molecule has 0 spiro atoms. The highest BCUT2D eigenvalue weighted by atomic mass is 16.2. The van der Waals surface area contributed by atoms with E-state index in [0.29, 0.717) is 22.5 Å². The van der Waals surface area contributed by atoms with Crippen LogP contribution in [0.1, 0.15) is 20.8 Å². The fraction of sp³-hybridized carbons (Fsp3) is 0. The molecule has 0 unspecified atom stereocenters. The molecule has 2 amide bonds. The van der Waals surface area contributed by atoms with E-state index in [0.717, 1.165) is 22.0 Å². The predicted octanol–water partition coefficient (Wildman–Crippen LogP) is 5.01. The van der Waals surface area contributed by atoms with Crippen molar-refractivity contribution in [2.75, 3.05) is 10.6 Å². The summed E-state index contributed by atoms with van der Waals surface area (Å²) < 4.78 is 0. The third-order valence-corrected chi connectivity index (χ3v) is 5.75. The zero-order valence-corrected chi connectivity index (χ0v) is 18.8. The van der Waals surface area contributed by atoms with Crippen molar-refractivity contribution >= 4 is 45.5 Å². The minimum absolute atomic E-state index is 0.217. The van der Waals surface area contributed by atoms with E-state index >= 15 is 0 Å². The van der Waals surface area contributed by atoms with Crippen LogP contribution in [0.4, 0.5) is 11.9 Å². The van der Waals surface area contributed by atoms with E-state index in [1.54, 1.807) is 36.7 Å². The Morgan fingerprint density at radius 3 is 2.33 bits per heavy atom. The van der Waals surface area contributed by atoms with E-state index in [4.69, 9.17) is 0 Å². The van der Waals surface area contributed by atoms with Crippen molar-refractivity contribution in [1.29, 1.82) is 0 Å². The lowest BCUT2D eigenvalue weighted by Gasteiger charge is -2.03. The number of carbonyl (C=O) groups excluding carboxylic acids is 2. The lowest BCUT2D eigenvalue weighted by molar-refractivity contribution is 0.101. The maximum Gasteiger partial charge on any atom is 0.276 e. The summed E-state index contributed by atoms with van der Waals surface area (Å²) in [6.45, 7) is 0. The second-order valence-electron chi connectivity index (χ2n) is 8.12. The maximum atomic E-state index is 13.0. The SMILES string of the molecule is O=C(Nc1nc2c(C(=O)Nc3ncc(-c4ccccc4)[nH]3)cccc2[nH]1)c1cc2ccccc2cn1. The van der Waals surface area contributed by atoms with E-state index in [2.05, 4.69) is 35.6 Å². The zero-order valence-electron chi connectivity index (χ0n) is 18.8. The first kappa shape index (κ1) is 21.2. The Hall–Kier alpha value is -5.31. The molecule has 4 N–H and O–H groups in total. The van der Waals surface area contributed by atoms with E-state index in [9.17, 15) is 9.59 Å². The highest BCUT2D eigenvalue weighted by Gasteiger charge is 2.17. The highest BCUT2D eigenvalue weighted by molar-refractivity contribution is 6.12. The Bertz CT molecular complexity index is 1740. The number of aromatic nitrogens is 5. The maximum absolute atomic E-state index is 13.0. The lowest BCUT2D eigenvalue weighted by Crippen LogP contribution is -2.15. The molecule has 0 atom stereocenters. The van der Waals surface area contributed by atoms with E-state index in [-0.39, 0.29) is 17.5 Å². The molecule has 3 heterocycles. The van der Waals surface area contributed by atoms with Gasteiger partial charge >= 0.3 is 0 Å². The molecule has 3 aromatic carbocycles. The number of carbonyl (C=O) groups is 2. The molecular formula is C27H19N7O2. The molecule has 3 aromatic heterocycles. The van der Waals surface area contributed by atoms with Crippen LogP contribution >= 0.6 is 0 Å². The Balaban J connectivity index is 1.22. The molecule has 36 heavy (non-hydrogen) atoms. The van der Waals surface area contributed by atoms with E-state index in [1.165, 1.54) is 0 Å². The van der Waals surface area contributed by atoms with Gasteiger partial charge in [0.25, 0.3) is 11.8 Å². The summed E-state index contributed by atoms with van der Waals surface area (Å²) in [4.78, 5) is 44.9. The van der Waals surface area contributed by atoms with Crippen molar-refractivity contribution in [2.24, 2.45) is 0 Å². The molecule has 0 bridgehead atoms. The largest absolute Gasteiger partial charge is 0.324 e. The average molecular weight is 473 g/mol. The molecule has 0 aliphatic heterocycles. The van der Waals surface area contributed by atoms with E-state index in [1.807, 2.05) is 54.6 Å². The molecule has 0 radical (unpaired) electrons. The van der Waals surface area contributed by atoms with Crippen LogP contribution in [0.15, 0.2) is 91.3 Å². The molecule has 6 aromatic rings. The Labute approximate surface area is 204 Å². The number of aromatic amines is 2. The molecule has 0 saturated carbocycles. The molecular weight excluding hydrogens is 454 g/mol. The molecule has 174 valence electrons. The second-order valence-corrected chi connectivity index (χ2v) is 8.12. The van der Waals surface area contributed by atoms with Crippen molar-refractivity contribution in [2.45, 2.75) is 0 Å². The van der Waals surface area contributed by atoms with Gasteiger partial charge in [-0.05, 0) is 29.1 Å². The number of anilines is 2. The van der Waals surface area contributed by atoms with Crippen LogP contribution in [0.5, 0.6) is 0 Å². The van der Waals surface area contributed by atoms with Crippen LogP contribution in [0, 0.1) is 0 Å². The molecule has 6 rings (SSSR count). The number of H-pyrrole nitrogens is 2. The number of amides is 2. The number of pyridine rings is 1.